The Morgan fingerprint density at radius 1 is 0.875 bits per heavy atom. The van der Waals surface area contributed by atoms with Crippen LogP contribution in [0.5, 0.6) is 0 Å². The van der Waals surface area contributed by atoms with Gasteiger partial charge in [-0.25, -0.2) is 4.98 Å². The first-order valence-electron chi connectivity index (χ1n) is 9.17. The number of hydrogen-bond donors (Lipinski definition) is 0. The molecule has 0 N–H and O–H groups in total. The molecule has 0 unspecified atom stereocenters. The van der Waals surface area contributed by atoms with E-state index in [0.29, 0.717) is 0 Å². The van der Waals surface area contributed by atoms with Crippen LogP contribution in [0, 0.1) is 5.92 Å². The maximum absolute atomic E-state index is 5.00. The van der Waals surface area contributed by atoms with Gasteiger partial charge in [0.2, 0.25) is 0 Å². The third-order valence-corrected chi connectivity index (χ3v) is 5.61. The van der Waals surface area contributed by atoms with Gasteiger partial charge in [-0.15, -0.1) is 0 Å². The highest BCUT2D eigenvalue weighted by atomic mass is 15.0. The number of nitrogens with zero attached hydrogens (tertiary/aromatic N) is 2. The predicted octanol–water partition coefficient (Wildman–Crippen LogP) is 5.92. The van der Waals surface area contributed by atoms with E-state index in [1.165, 1.54) is 53.9 Å². The van der Waals surface area contributed by atoms with E-state index in [-0.39, 0.29) is 0 Å². The van der Waals surface area contributed by atoms with Gasteiger partial charge in [-0.1, -0.05) is 55.7 Å². The van der Waals surface area contributed by atoms with Crippen LogP contribution in [0.1, 0.15) is 32.1 Å². The predicted molar refractivity (Wildman–Crippen MR) is 101 cm³/mol. The van der Waals surface area contributed by atoms with Gasteiger partial charge in [0.05, 0.1) is 22.1 Å². The van der Waals surface area contributed by atoms with Gasteiger partial charge in [-0.3, -0.25) is 0 Å². The van der Waals surface area contributed by atoms with Crippen LogP contribution in [0.4, 0.5) is 0 Å². The molecule has 5 rings (SSSR count). The normalized spacial score (nSPS) is 16.3. The van der Waals surface area contributed by atoms with Crippen LogP contribution in [-0.2, 0) is 6.54 Å². The van der Waals surface area contributed by atoms with Gasteiger partial charge in [0, 0.05) is 17.3 Å². The molecule has 2 aromatic heterocycles. The molecule has 1 fully saturated rings. The fourth-order valence-electron chi connectivity index (χ4n) is 4.37. The number of rotatable bonds is 2. The molecule has 0 atom stereocenters. The molecule has 2 aromatic carbocycles. The molecule has 0 saturated heterocycles. The Balaban J connectivity index is 1.76. The van der Waals surface area contributed by atoms with Gasteiger partial charge in [-0.05, 0) is 37.0 Å². The van der Waals surface area contributed by atoms with Crippen molar-refractivity contribution < 1.29 is 0 Å². The number of hydrogen-bond acceptors (Lipinski definition) is 1. The monoisotopic (exact) mass is 314 g/mol. The second-order valence-electron chi connectivity index (χ2n) is 7.18. The summed E-state index contributed by atoms with van der Waals surface area (Å²) in [5.41, 5.74) is 4.87. The Morgan fingerprint density at radius 3 is 2.58 bits per heavy atom. The molecule has 120 valence electrons. The zero-order valence-corrected chi connectivity index (χ0v) is 13.9. The Morgan fingerprint density at radius 2 is 1.67 bits per heavy atom. The van der Waals surface area contributed by atoms with Crippen molar-refractivity contribution in [3.8, 4) is 0 Å². The molecule has 0 amide bonds. The summed E-state index contributed by atoms with van der Waals surface area (Å²) in [6.07, 6.45) is 6.94. The maximum atomic E-state index is 5.00. The summed E-state index contributed by atoms with van der Waals surface area (Å²) in [5.74, 6) is 0.809. The lowest BCUT2D eigenvalue weighted by Gasteiger charge is -2.23. The highest BCUT2D eigenvalue weighted by molar-refractivity contribution is 6.08. The Bertz CT molecular complexity index is 1020. The van der Waals surface area contributed by atoms with Crippen LogP contribution in [0.25, 0.3) is 32.8 Å². The molecule has 0 aliphatic heterocycles. The molecule has 24 heavy (non-hydrogen) atoms. The molecule has 4 aromatic rings. The SMILES string of the molecule is c1ccc2nc3c4ccccc4n(CC4CCCCC4)c3cc2c1. The van der Waals surface area contributed by atoms with E-state index in [9.17, 15) is 0 Å². The van der Waals surface area contributed by atoms with Crippen molar-refractivity contribution in [3.63, 3.8) is 0 Å². The van der Waals surface area contributed by atoms with Crippen molar-refractivity contribution in [3.05, 3.63) is 54.6 Å². The average molecular weight is 314 g/mol. The third-order valence-electron chi connectivity index (χ3n) is 5.61. The second-order valence-corrected chi connectivity index (χ2v) is 7.18. The van der Waals surface area contributed by atoms with Gasteiger partial charge >= 0.3 is 0 Å². The minimum atomic E-state index is 0.809. The molecule has 0 spiro atoms. The summed E-state index contributed by atoms with van der Waals surface area (Å²) in [7, 11) is 0. The molecule has 1 aliphatic carbocycles. The van der Waals surface area contributed by atoms with Crippen LogP contribution in [0.2, 0.25) is 0 Å². The first-order chi connectivity index (χ1) is 11.9. The molecule has 2 nitrogen and oxygen atoms in total. The van der Waals surface area contributed by atoms with E-state index in [1.807, 2.05) is 0 Å². The van der Waals surface area contributed by atoms with Crippen LogP contribution in [0.3, 0.4) is 0 Å². The van der Waals surface area contributed by atoms with E-state index in [2.05, 4.69) is 59.2 Å². The number of benzene rings is 2. The lowest BCUT2D eigenvalue weighted by molar-refractivity contribution is 0.325. The summed E-state index contributed by atoms with van der Waals surface area (Å²) >= 11 is 0. The highest BCUT2D eigenvalue weighted by Gasteiger charge is 2.18. The van der Waals surface area contributed by atoms with Gasteiger partial charge < -0.3 is 4.57 Å². The van der Waals surface area contributed by atoms with Crippen molar-refractivity contribution in [2.24, 2.45) is 5.92 Å². The van der Waals surface area contributed by atoms with Crippen molar-refractivity contribution in [2.75, 3.05) is 0 Å². The molecule has 2 heterocycles. The van der Waals surface area contributed by atoms with Crippen molar-refractivity contribution in [1.82, 2.24) is 9.55 Å². The summed E-state index contributed by atoms with van der Waals surface area (Å²) in [6, 6.07) is 19.5. The van der Waals surface area contributed by atoms with Crippen molar-refractivity contribution >= 4 is 32.8 Å². The van der Waals surface area contributed by atoms with Gasteiger partial charge in [-0.2, -0.15) is 0 Å². The summed E-state index contributed by atoms with van der Waals surface area (Å²) in [5, 5.41) is 2.52. The minimum absolute atomic E-state index is 0.809. The van der Waals surface area contributed by atoms with E-state index < -0.39 is 0 Å². The number of pyridine rings is 1. The summed E-state index contributed by atoms with van der Waals surface area (Å²) < 4.78 is 2.53. The van der Waals surface area contributed by atoms with Crippen LogP contribution >= 0.6 is 0 Å². The lowest BCUT2D eigenvalue weighted by Crippen LogP contribution is -2.13. The Hall–Kier alpha value is -2.35. The van der Waals surface area contributed by atoms with Crippen LogP contribution in [0.15, 0.2) is 54.6 Å². The van der Waals surface area contributed by atoms with Crippen LogP contribution in [-0.4, -0.2) is 9.55 Å². The quantitative estimate of drug-likeness (QED) is 0.449. The minimum Gasteiger partial charge on any atom is -0.339 e. The summed E-state index contributed by atoms with van der Waals surface area (Å²) in [6.45, 7) is 1.13. The van der Waals surface area contributed by atoms with E-state index in [4.69, 9.17) is 4.98 Å². The van der Waals surface area contributed by atoms with E-state index in [0.717, 1.165) is 23.5 Å². The Kier molecular flexibility index (Phi) is 3.29. The molecule has 1 saturated carbocycles. The van der Waals surface area contributed by atoms with E-state index >= 15 is 0 Å². The topological polar surface area (TPSA) is 17.8 Å². The smallest absolute Gasteiger partial charge is 0.0967 e. The molecular weight excluding hydrogens is 292 g/mol. The van der Waals surface area contributed by atoms with Gasteiger partial charge in [0.1, 0.15) is 0 Å². The zero-order valence-electron chi connectivity index (χ0n) is 13.9. The summed E-state index contributed by atoms with van der Waals surface area (Å²) in [4.78, 5) is 5.00. The zero-order chi connectivity index (χ0) is 15.9. The number of aromatic nitrogens is 2. The van der Waals surface area contributed by atoms with Crippen molar-refractivity contribution in [2.45, 2.75) is 38.6 Å². The lowest BCUT2D eigenvalue weighted by atomic mass is 9.89. The van der Waals surface area contributed by atoms with Crippen molar-refractivity contribution in [1.29, 1.82) is 0 Å². The number of fused-ring (bicyclic) bond motifs is 4. The van der Waals surface area contributed by atoms with Gasteiger partial charge in [0.15, 0.2) is 0 Å². The second kappa shape index (κ2) is 5.62. The fourth-order valence-corrected chi connectivity index (χ4v) is 4.37. The molecule has 0 radical (unpaired) electrons. The molecule has 1 aliphatic rings. The first-order valence-corrected chi connectivity index (χ1v) is 9.17. The highest BCUT2D eigenvalue weighted by Crippen LogP contribution is 2.33. The van der Waals surface area contributed by atoms with Crippen LogP contribution < -0.4 is 0 Å². The van der Waals surface area contributed by atoms with E-state index in [1.54, 1.807) is 0 Å². The molecule has 0 bridgehead atoms. The largest absolute Gasteiger partial charge is 0.339 e. The molecular formula is C22H22N2. The first kappa shape index (κ1) is 14.0. The third kappa shape index (κ3) is 2.21. The van der Waals surface area contributed by atoms with Gasteiger partial charge in [0.25, 0.3) is 0 Å². The maximum Gasteiger partial charge on any atom is 0.0967 e. The average Bonchev–Trinajstić information content (AvgIpc) is 2.94. The molecule has 2 heteroatoms. The fraction of sp³-hybridized carbons (Fsp3) is 0.318. The Labute approximate surface area is 142 Å². The number of para-hydroxylation sites is 2. The standard InChI is InChI=1S/C22H22N2/c1-2-8-16(9-3-1)15-24-20-13-7-5-11-18(20)22-21(24)14-17-10-4-6-12-19(17)23-22/h4-7,10-14,16H,1-3,8-9,15H2.